The van der Waals surface area contributed by atoms with Gasteiger partial charge in [0, 0.05) is 18.2 Å². The first-order chi connectivity index (χ1) is 14.0. The number of likely N-dealkylation sites (tertiary alicyclic amines) is 1. The van der Waals surface area contributed by atoms with Gasteiger partial charge in [-0.15, -0.1) is 10.2 Å². The molecule has 0 bridgehead atoms. The second kappa shape index (κ2) is 10.2. The average molecular weight is 438 g/mol. The highest BCUT2D eigenvalue weighted by molar-refractivity contribution is 7.91. The van der Waals surface area contributed by atoms with Crippen molar-refractivity contribution >= 4 is 32.4 Å². The van der Waals surface area contributed by atoms with Crippen LogP contribution in [0.2, 0.25) is 0 Å². The number of carbonyl (C=O) groups excluding carboxylic acids is 1. The molecule has 1 aliphatic heterocycles. The van der Waals surface area contributed by atoms with Crippen LogP contribution in [0.4, 0.5) is 5.13 Å². The van der Waals surface area contributed by atoms with E-state index in [9.17, 15) is 13.2 Å². The second-order valence-electron chi connectivity index (χ2n) is 7.04. The van der Waals surface area contributed by atoms with Crippen LogP contribution in [0.5, 0.6) is 0 Å². The van der Waals surface area contributed by atoms with E-state index in [2.05, 4.69) is 32.1 Å². The molecule has 2 aromatic rings. The van der Waals surface area contributed by atoms with E-state index >= 15 is 0 Å². The number of anilines is 1. The molecule has 2 heterocycles. The smallest absolute Gasteiger partial charge is 0.269 e. The quantitative estimate of drug-likeness (QED) is 0.462. The van der Waals surface area contributed by atoms with Gasteiger partial charge >= 0.3 is 0 Å². The van der Waals surface area contributed by atoms with E-state index in [0.717, 1.165) is 37.3 Å². The van der Waals surface area contributed by atoms with Crippen molar-refractivity contribution in [2.45, 2.75) is 49.4 Å². The van der Waals surface area contributed by atoms with Gasteiger partial charge in [0.25, 0.3) is 15.9 Å². The maximum Gasteiger partial charge on any atom is 0.269 e. The first-order valence-electron chi connectivity index (χ1n) is 9.93. The predicted molar refractivity (Wildman–Crippen MR) is 114 cm³/mol. The van der Waals surface area contributed by atoms with Crippen molar-refractivity contribution in [3.63, 3.8) is 0 Å². The molecule has 1 saturated heterocycles. The summed E-state index contributed by atoms with van der Waals surface area (Å²) >= 11 is 0.838. The highest BCUT2D eigenvalue weighted by Crippen LogP contribution is 2.21. The molecule has 1 aromatic heterocycles. The van der Waals surface area contributed by atoms with E-state index < -0.39 is 10.0 Å². The zero-order valence-electron chi connectivity index (χ0n) is 16.5. The largest absolute Gasteiger partial charge is 0.300 e. The molecule has 2 N–H and O–H groups in total. The summed E-state index contributed by atoms with van der Waals surface area (Å²) in [5.74, 6) is -0.356. The molecule has 0 spiro atoms. The Balaban J connectivity index is 1.49. The van der Waals surface area contributed by atoms with Gasteiger partial charge in [0.1, 0.15) is 0 Å². The first kappa shape index (κ1) is 21.8. The summed E-state index contributed by atoms with van der Waals surface area (Å²) in [5.41, 5.74) is 0.466. The van der Waals surface area contributed by atoms with Crippen molar-refractivity contribution in [2.75, 3.05) is 25.0 Å². The number of carbonyl (C=O) groups is 1. The third-order valence-electron chi connectivity index (χ3n) is 5.03. The Morgan fingerprint density at radius 3 is 2.79 bits per heavy atom. The van der Waals surface area contributed by atoms with Crippen LogP contribution < -0.4 is 10.0 Å². The maximum absolute atomic E-state index is 12.4. The minimum absolute atomic E-state index is 0.148. The number of benzene rings is 1. The van der Waals surface area contributed by atoms with E-state index in [1.54, 1.807) is 24.3 Å². The molecular weight excluding hydrogens is 410 g/mol. The monoisotopic (exact) mass is 437 g/mol. The Bertz CT molecular complexity index is 902. The molecule has 29 heavy (non-hydrogen) atoms. The standard InChI is InChI=1S/C19H27N5O3S2/c1-2-16-11-6-7-13-24(16)14-8-12-20-29(26,27)19-23-22-18(28-19)21-17(25)15-9-4-3-5-10-15/h3-5,9-10,16,20H,2,6-8,11-14H2,1H3,(H,21,22,25)/t16-/m0/s1. The number of amides is 1. The summed E-state index contributed by atoms with van der Waals surface area (Å²) in [5, 5.41) is 10.2. The van der Waals surface area contributed by atoms with Crippen molar-refractivity contribution in [3.8, 4) is 0 Å². The molecule has 0 saturated carbocycles. The number of sulfonamides is 1. The average Bonchev–Trinajstić information content (AvgIpc) is 3.21. The molecule has 3 rings (SSSR count). The van der Waals surface area contributed by atoms with E-state index in [0.29, 0.717) is 18.2 Å². The zero-order chi connectivity index (χ0) is 20.7. The van der Waals surface area contributed by atoms with Gasteiger partial charge < -0.3 is 4.90 Å². The number of hydrogen-bond acceptors (Lipinski definition) is 7. The van der Waals surface area contributed by atoms with Crippen molar-refractivity contribution in [1.29, 1.82) is 0 Å². The van der Waals surface area contributed by atoms with Crippen LogP contribution in [0.1, 0.15) is 49.4 Å². The molecule has 1 fully saturated rings. The van der Waals surface area contributed by atoms with Gasteiger partial charge in [0.05, 0.1) is 0 Å². The van der Waals surface area contributed by atoms with Crippen molar-refractivity contribution in [3.05, 3.63) is 35.9 Å². The molecule has 158 valence electrons. The van der Waals surface area contributed by atoms with Crippen LogP contribution >= 0.6 is 11.3 Å². The lowest BCUT2D eigenvalue weighted by Gasteiger charge is -2.35. The van der Waals surface area contributed by atoms with Gasteiger partial charge in [0.2, 0.25) is 9.47 Å². The summed E-state index contributed by atoms with van der Waals surface area (Å²) < 4.78 is 27.3. The van der Waals surface area contributed by atoms with Crippen LogP contribution in [0, 0.1) is 0 Å². The maximum atomic E-state index is 12.4. The molecule has 0 radical (unpaired) electrons. The van der Waals surface area contributed by atoms with Crippen LogP contribution in [0.25, 0.3) is 0 Å². The zero-order valence-corrected chi connectivity index (χ0v) is 18.1. The summed E-state index contributed by atoms with van der Waals surface area (Å²) in [6, 6.07) is 9.26. The van der Waals surface area contributed by atoms with Crippen LogP contribution in [0.3, 0.4) is 0 Å². The number of hydrogen-bond donors (Lipinski definition) is 2. The molecule has 1 amide bonds. The minimum atomic E-state index is -3.74. The lowest BCUT2D eigenvalue weighted by molar-refractivity contribution is 0.102. The van der Waals surface area contributed by atoms with E-state index in [1.807, 2.05) is 6.07 Å². The van der Waals surface area contributed by atoms with Crippen molar-refractivity contribution in [1.82, 2.24) is 19.8 Å². The Kier molecular flexibility index (Phi) is 7.70. The fraction of sp³-hybridized carbons (Fsp3) is 0.526. The highest BCUT2D eigenvalue weighted by Gasteiger charge is 2.22. The van der Waals surface area contributed by atoms with Gasteiger partial charge in [-0.1, -0.05) is 42.9 Å². The topological polar surface area (TPSA) is 104 Å². The highest BCUT2D eigenvalue weighted by atomic mass is 32.2. The van der Waals surface area contributed by atoms with Gasteiger partial charge in [0.15, 0.2) is 0 Å². The fourth-order valence-corrected chi connectivity index (χ4v) is 5.50. The van der Waals surface area contributed by atoms with Crippen molar-refractivity contribution < 1.29 is 13.2 Å². The molecule has 10 heteroatoms. The Morgan fingerprint density at radius 2 is 2.03 bits per heavy atom. The van der Waals surface area contributed by atoms with Crippen LogP contribution in [-0.4, -0.2) is 55.1 Å². The van der Waals surface area contributed by atoms with Crippen molar-refractivity contribution in [2.24, 2.45) is 0 Å². The van der Waals surface area contributed by atoms with Gasteiger partial charge in [-0.05, 0) is 50.9 Å². The third kappa shape index (κ3) is 6.05. The van der Waals surface area contributed by atoms with Gasteiger partial charge in [-0.2, -0.15) is 0 Å². The first-order valence-corrected chi connectivity index (χ1v) is 12.2. The van der Waals surface area contributed by atoms with Gasteiger partial charge in [-0.25, -0.2) is 13.1 Å². The summed E-state index contributed by atoms with van der Waals surface area (Å²) in [6.45, 7) is 4.53. The minimum Gasteiger partial charge on any atom is -0.300 e. The SMILES string of the molecule is CC[C@H]1CCCCN1CCCNS(=O)(=O)c1nnc(NC(=O)c2ccccc2)s1. The Morgan fingerprint density at radius 1 is 1.24 bits per heavy atom. The third-order valence-corrected chi connectivity index (χ3v) is 7.69. The second-order valence-corrected chi connectivity index (χ2v) is 9.96. The van der Waals surface area contributed by atoms with E-state index in [-0.39, 0.29) is 15.4 Å². The molecular formula is C19H27N5O3S2. The lowest BCUT2D eigenvalue weighted by Crippen LogP contribution is -2.40. The Labute approximate surface area is 175 Å². The molecule has 1 aliphatic rings. The van der Waals surface area contributed by atoms with E-state index in [4.69, 9.17) is 0 Å². The number of rotatable bonds is 9. The fourth-order valence-electron chi connectivity index (χ4n) is 3.49. The number of piperidine rings is 1. The number of aromatic nitrogens is 2. The summed E-state index contributed by atoms with van der Waals surface area (Å²) in [7, 11) is -3.74. The molecule has 0 aliphatic carbocycles. The predicted octanol–water partition coefficient (Wildman–Crippen LogP) is 2.72. The number of nitrogens with zero attached hydrogens (tertiary/aromatic N) is 3. The molecule has 0 unspecified atom stereocenters. The van der Waals surface area contributed by atoms with E-state index in [1.165, 1.54) is 19.3 Å². The van der Waals surface area contributed by atoms with Crippen LogP contribution in [0.15, 0.2) is 34.7 Å². The Hall–Kier alpha value is -1.88. The van der Waals surface area contributed by atoms with Gasteiger partial charge in [-0.3, -0.25) is 10.1 Å². The number of nitrogens with one attached hydrogen (secondary N) is 2. The summed E-state index contributed by atoms with van der Waals surface area (Å²) in [4.78, 5) is 14.6. The summed E-state index contributed by atoms with van der Waals surface area (Å²) in [6.07, 6.45) is 5.59. The van der Waals surface area contributed by atoms with Crippen LogP contribution in [-0.2, 0) is 10.0 Å². The lowest BCUT2D eigenvalue weighted by atomic mass is 10.00. The normalized spacial score (nSPS) is 17.9. The molecule has 1 atom stereocenters. The molecule has 8 nitrogen and oxygen atoms in total. The molecule has 1 aromatic carbocycles.